The maximum Gasteiger partial charge on any atom is 0.229 e. The minimum absolute atomic E-state index is 0.198. The third-order valence-corrected chi connectivity index (χ3v) is 8.84. The molecule has 0 aromatic carbocycles. The summed E-state index contributed by atoms with van der Waals surface area (Å²) in [5.74, 6) is -0.787. The van der Waals surface area contributed by atoms with Gasteiger partial charge in [0.05, 0.1) is 19.8 Å². The van der Waals surface area contributed by atoms with Gasteiger partial charge in [-0.25, -0.2) is 0 Å². The van der Waals surface area contributed by atoms with Crippen molar-refractivity contribution >= 4 is 11.8 Å². The van der Waals surface area contributed by atoms with Crippen LogP contribution in [0.15, 0.2) is 0 Å². The van der Waals surface area contributed by atoms with Gasteiger partial charge in [-0.3, -0.25) is 14.5 Å². The highest BCUT2D eigenvalue weighted by Crippen LogP contribution is 2.21. The van der Waals surface area contributed by atoms with Gasteiger partial charge in [0.25, 0.3) is 0 Å². The summed E-state index contributed by atoms with van der Waals surface area (Å²) in [7, 11) is 0. The van der Waals surface area contributed by atoms with Crippen LogP contribution in [-0.2, 0) is 9.59 Å². The van der Waals surface area contributed by atoms with E-state index in [-0.39, 0.29) is 12.8 Å². The smallest absolute Gasteiger partial charge is 0.229 e. The van der Waals surface area contributed by atoms with Crippen molar-refractivity contribution in [1.82, 2.24) is 4.90 Å². The van der Waals surface area contributed by atoms with Crippen LogP contribution < -0.4 is 0 Å². The maximum absolute atomic E-state index is 13.1. The number of imide groups is 1. The Kier molecular flexibility index (Phi) is 29.4. The van der Waals surface area contributed by atoms with Gasteiger partial charge < -0.3 is 15.3 Å². The van der Waals surface area contributed by atoms with E-state index in [2.05, 4.69) is 13.8 Å². The molecule has 0 aromatic rings. The van der Waals surface area contributed by atoms with Gasteiger partial charge in [-0.15, -0.1) is 0 Å². The van der Waals surface area contributed by atoms with Crippen LogP contribution in [0.1, 0.15) is 194 Å². The summed E-state index contributed by atoms with van der Waals surface area (Å²) in [6.45, 7) is 2.57. The first-order chi connectivity index (χ1) is 20.5. The topological polar surface area (TPSA) is 98.1 Å². The Bertz CT molecular complexity index is 557. The highest BCUT2D eigenvalue weighted by molar-refractivity contribution is 5.96. The first-order valence-corrected chi connectivity index (χ1v) is 18.2. The molecule has 0 aliphatic carbocycles. The molecule has 6 heteroatoms. The molecular formula is C36H71NO5. The molecule has 2 amide bonds. The van der Waals surface area contributed by atoms with Crippen LogP contribution in [0.2, 0.25) is 0 Å². The highest BCUT2D eigenvalue weighted by atomic mass is 16.3. The monoisotopic (exact) mass is 598 g/mol. The zero-order valence-corrected chi connectivity index (χ0v) is 28.0. The largest absolute Gasteiger partial charge is 0.394 e. The van der Waals surface area contributed by atoms with E-state index in [0.29, 0.717) is 12.8 Å². The van der Waals surface area contributed by atoms with E-state index in [9.17, 15) is 24.9 Å². The number of amides is 2. The van der Waals surface area contributed by atoms with E-state index in [0.717, 1.165) is 30.6 Å². The van der Waals surface area contributed by atoms with Crippen molar-refractivity contribution in [3.63, 3.8) is 0 Å². The number of hydrogen-bond acceptors (Lipinski definition) is 5. The first kappa shape index (κ1) is 41.0. The number of unbranched alkanes of at least 4 members (excludes halogenated alkanes) is 24. The molecule has 0 aromatic heterocycles. The average Bonchev–Trinajstić information content (AvgIpc) is 3.00. The normalized spacial score (nSPS) is 11.7. The van der Waals surface area contributed by atoms with Crippen LogP contribution in [-0.4, -0.2) is 57.4 Å². The lowest BCUT2D eigenvalue weighted by atomic mass is 9.97. The van der Waals surface area contributed by atoms with Gasteiger partial charge in [-0.1, -0.05) is 168 Å². The lowest BCUT2D eigenvalue weighted by Crippen LogP contribution is -2.61. The molecule has 0 spiro atoms. The molecule has 0 saturated heterocycles. The summed E-state index contributed by atoms with van der Waals surface area (Å²) in [5, 5.41) is 29.8. The molecule has 0 aliphatic heterocycles. The van der Waals surface area contributed by atoms with Crippen molar-refractivity contribution in [3.05, 3.63) is 0 Å². The summed E-state index contributed by atoms with van der Waals surface area (Å²) in [6.07, 6.45) is 31.9. The summed E-state index contributed by atoms with van der Waals surface area (Å²) in [5.41, 5.74) is -1.64. The number of rotatable bonds is 32. The van der Waals surface area contributed by atoms with Gasteiger partial charge in [0, 0.05) is 12.8 Å². The van der Waals surface area contributed by atoms with E-state index >= 15 is 0 Å². The fourth-order valence-corrected chi connectivity index (χ4v) is 5.84. The number of nitrogens with zero attached hydrogens (tertiary/aromatic N) is 1. The molecule has 0 radical (unpaired) electrons. The Hall–Kier alpha value is -0.980. The Morgan fingerprint density at radius 1 is 0.405 bits per heavy atom. The standard InChI is InChI=1S/C36H71NO5/c1-3-5-7-9-11-13-15-17-19-21-23-25-27-29-34(41)37(36(31-38,32-39)33-40)35(42)30-28-26-24-22-20-18-16-14-12-10-8-6-4-2/h38-40H,3-33H2,1-2H3. The average molecular weight is 598 g/mol. The van der Waals surface area contributed by atoms with Gasteiger partial charge in [0.15, 0.2) is 0 Å². The number of carbonyl (C=O) groups is 2. The fourth-order valence-electron chi connectivity index (χ4n) is 5.84. The van der Waals surface area contributed by atoms with Crippen molar-refractivity contribution in [2.75, 3.05) is 19.8 Å². The summed E-state index contributed by atoms with van der Waals surface area (Å²) < 4.78 is 0. The van der Waals surface area contributed by atoms with Gasteiger partial charge in [-0.05, 0) is 12.8 Å². The Morgan fingerprint density at radius 2 is 0.619 bits per heavy atom. The highest BCUT2D eigenvalue weighted by Gasteiger charge is 2.42. The van der Waals surface area contributed by atoms with Gasteiger partial charge in [0.2, 0.25) is 11.8 Å². The summed E-state index contributed by atoms with van der Waals surface area (Å²) in [6, 6.07) is 0. The molecule has 0 unspecified atom stereocenters. The molecule has 0 heterocycles. The Labute approximate surface area is 260 Å². The summed E-state index contributed by atoms with van der Waals surface area (Å²) in [4.78, 5) is 27.2. The summed E-state index contributed by atoms with van der Waals surface area (Å²) >= 11 is 0. The van der Waals surface area contributed by atoms with Crippen LogP contribution in [0.5, 0.6) is 0 Å². The molecule has 0 bridgehead atoms. The molecule has 0 rings (SSSR count). The van der Waals surface area contributed by atoms with E-state index in [1.807, 2.05) is 0 Å². The molecule has 3 N–H and O–H groups in total. The van der Waals surface area contributed by atoms with Gasteiger partial charge in [0.1, 0.15) is 5.54 Å². The van der Waals surface area contributed by atoms with Crippen molar-refractivity contribution in [3.8, 4) is 0 Å². The molecule has 0 fully saturated rings. The van der Waals surface area contributed by atoms with E-state index in [1.165, 1.54) is 128 Å². The molecule has 0 saturated carbocycles. The predicted octanol–water partition coefficient (Wildman–Crippen LogP) is 9.02. The third-order valence-electron chi connectivity index (χ3n) is 8.84. The third kappa shape index (κ3) is 20.8. The van der Waals surface area contributed by atoms with Crippen LogP contribution in [0.4, 0.5) is 0 Å². The Balaban J connectivity index is 4.23. The van der Waals surface area contributed by atoms with Gasteiger partial charge >= 0.3 is 0 Å². The van der Waals surface area contributed by atoms with Crippen LogP contribution in [0, 0.1) is 0 Å². The lowest BCUT2D eigenvalue weighted by Gasteiger charge is -2.38. The molecule has 0 atom stereocenters. The zero-order valence-electron chi connectivity index (χ0n) is 28.0. The van der Waals surface area contributed by atoms with E-state index in [1.54, 1.807) is 0 Å². The predicted molar refractivity (Wildman–Crippen MR) is 176 cm³/mol. The fraction of sp³-hybridized carbons (Fsp3) is 0.944. The van der Waals surface area contributed by atoms with Gasteiger partial charge in [-0.2, -0.15) is 0 Å². The number of carbonyl (C=O) groups excluding carboxylic acids is 2. The molecule has 6 nitrogen and oxygen atoms in total. The molecule has 250 valence electrons. The lowest BCUT2D eigenvalue weighted by molar-refractivity contribution is -0.160. The van der Waals surface area contributed by atoms with Crippen LogP contribution >= 0.6 is 0 Å². The van der Waals surface area contributed by atoms with Crippen molar-refractivity contribution in [2.24, 2.45) is 0 Å². The maximum atomic E-state index is 13.1. The van der Waals surface area contributed by atoms with Crippen LogP contribution in [0.25, 0.3) is 0 Å². The second kappa shape index (κ2) is 30.1. The zero-order chi connectivity index (χ0) is 31.2. The number of aliphatic hydroxyl groups excluding tert-OH is 3. The molecule has 42 heavy (non-hydrogen) atoms. The number of hydrogen-bond donors (Lipinski definition) is 3. The van der Waals surface area contributed by atoms with Crippen molar-refractivity contribution < 1.29 is 24.9 Å². The van der Waals surface area contributed by atoms with E-state index in [4.69, 9.17) is 0 Å². The van der Waals surface area contributed by atoms with E-state index < -0.39 is 37.2 Å². The van der Waals surface area contributed by atoms with Crippen molar-refractivity contribution in [2.45, 2.75) is 199 Å². The quantitative estimate of drug-likeness (QED) is 0.0672. The van der Waals surface area contributed by atoms with Crippen LogP contribution in [0.3, 0.4) is 0 Å². The second-order valence-corrected chi connectivity index (χ2v) is 12.8. The number of aliphatic hydroxyl groups is 3. The molecule has 0 aliphatic rings. The van der Waals surface area contributed by atoms with Crippen molar-refractivity contribution in [1.29, 1.82) is 0 Å². The SMILES string of the molecule is CCCCCCCCCCCCCCCC(=O)N(C(=O)CCCCCCCCCCCCCCC)C(CO)(CO)CO. The minimum atomic E-state index is -1.64. The first-order valence-electron chi connectivity index (χ1n) is 18.2. The Morgan fingerprint density at radius 3 is 0.833 bits per heavy atom. The second-order valence-electron chi connectivity index (χ2n) is 12.8. The molecular weight excluding hydrogens is 526 g/mol. The minimum Gasteiger partial charge on any atom is -0.394 e.